The Morgan fingerprint density at radius 1 is 0.917 bits per heavy atom. The maximum atomic E-state index is 5.45. The molecule has 0 aromatic carbocycles. The van der Waals surface area contributed by atoms with E-state index in [1.165, 1.54) is 51.7 Å². The number of guanidine groups is 1. The van der Waals surface area contributed by atoms with Gasteiger partial charge in [-0.2, -0.15) is 0 Å². The van der Waals surface area contributed by atoms with Crippen LogP contribution >= 0.6 is 0 Å². The Morgan fingerprint density at radius 3 is 2.29 bits per heavy atom. The first kappa shape index (κ1) is 21.2. The fourth-order valence-corrected chi connectivity index (χ4v) is 2.87. The van der Waals surface area contributed by atoms with Crippen molar-refractivity contribution in [3.05, 3.63) is 0 Å². The number of hydrogen-bond acceptors (Lipinski definition) is 4. The summed E-state index contributed by atoms with van der Waals surface area (Å²) in [4.78, 5) is 6.88. The highest BCUT2D eigenvalue weighted by molar-refractivity contribution is 5.79. The maximum absolute atomic E-state index is 5.45. The van der Waals surface area contributed by atoms with E-state index in [0.717, 1.165) is 38.5 Å². The molecule has 0 spiro atoms. The van der Waals surface area contributed by atoms with Gasteiger partial charge in [0, 0.05) is 33.9 Å². The van der Waals surface area contributed by atoms with Crippen molar-refractivity contribution >= 4 is 5.96 Å². The zero-order chi connectivity index (χ0) is 17.3. The van der Waals surface area contributed by atoms with Crippen LogP contribution < -0.4 is 10.6 Å². The van der Waals surface area contributed by atoms with Crippen LogP contribution in [0.5, 0.6) is 0 Å². The first-order valence-corrected chi connectivity index (χ1v) is 9.60. The predicted octanol–water partition coefficient (Wildman–Crippen LogP) is 1.86. The van der Waals surface area contributed by atoms with E-state index < -0.39 is 0 Å². The van der Waals surface area contributed by atoms with Crippen molar-refractivity contribution in [2.24, 2.45) is 4.99 Å². The predicted molar refractivity (Wildman–Crippen MR) is 101 cm³/mol. The van der Waals surface area contributed by atoms with Gasteiger partial charge in [-0.25, -0.2) is 0 Å². The Bertz CT molecular complexity index is 305. The van der Waals surface area contributed by atoms with Gasteiger partial charge >= 0.3 is 0 Å². The largest absolute Gasteiger partial charge is 0.382 e. The summed E-state index contributed by atoms with van der Waals surface area (Å²) in [6.07, 6.45) is 8.86. The van der Waals surface area contributed by atoms with Crippen LogP contribution in [-0.2, 0) is 9.47 Å². The molecule has 6 heteroatoms. The molecule has 1 heterocycles. The lowest BCUT2D eigenvalue weighted by Gasteiger charge is -2.20. The molecule has 0 amide bonds. The number of ether oxygens (including phenoxy) is 2. The number of methoxy groups -OCH3 is 1. The monoisotopic (exact) mass is 342 g/mol. The van der Waals surface area contributed by atoms with Crippen molar-refractivity contribution in [3.8, 4) is 0 Å². The van der Waals surface area contributed by atoms with E-state index >= 15 is 0 Å². The van der Waals surface area contributed by atoms with E-state index in [-0.39, 0.29) is 0 Å². The molecule has 2 N–H and O–H groups in total. The summed E-state index contributed by atoms with van der Waals surface area (Å²) in [6, 6.07) is 0. The van der Waals surface area contributed by atoms with E-state index in [1.54, 1.807) is 7.11 Å². The average molecular weight is 343 g/mol. The molecule has 1 fully saturated rings. The van der Waals surface area contributed by atoms with Crippen LogP contribution in [0.25, 0.3) is 0 Å². The Morgan fingerprint density at radius 2 is 1.62 bits per heavy atom. The van der Waals surface area contributed by atoms with Crippen molar-refractivity contribution in [2.75, 3.05) is 66.7 Å². The number of nitrogens with one attached hydrogen (secondary N) is 2. The van der Waals surface area contributed by atoms with Crippen LogP contribution in [0.15, 0.2) is 4.99 Å². The number of rotatable bonds is 12. The Balaban J connectivity index is 1.94. The van der Waals surface area contributed by atoms with Crippen LogP contribution in [-0.4, -0.2) is 77.6 Å². The summed E-state index contributed by atoms with van der Waals surface area (Å²) in [6.45, 7) is 7.82. The topological polar surface area (TPSA) is 58.1 Å². The Kier molecular flexibility index (Phi) is 13.8. The van der Waals surface area contributed by atoms with Crippen LogP contribution in [0.2, 0.25) is 0 Å². The SMILES string of the molecule is CN=C(NCCCCOCCOC)NCCCN1CCCCCC1. The third kappa shape index (κ3) is 11.6. The van der Waals surface area contributed by atoms with Gasteiger partial charge in [-0.15, -0.1) is 0 Å². The van der Waals surface area contributed by atoms with Gasteiger partial charge in [0.05, 0.1) is 13.2 Å². The number of nitrogens with zero attached hydrogens (tertiary/aromatic N) is 2. The molecule has 0 unspecified atom stereocenters. The van der Waals surface area contributed by atoms with Crippen molar-refractivity contribution in [3.63, 3.8) is 0 Å². The van der Waals surface area contributed by atoms with Gasteiger partial charge in [0.15, 0.2) is 5.96 Å². The van der Waals surface area contributed by atoms with Crippen molar-refractivity contribution < 1.29 is 9.47 Å². The lowest BCUT2D eigenvalue weighted by atomic mass is 10.2. The molecule has 1 aliphatic heterocycles. The molecular formula is C18H38N4O2. The number of unbranched alkanes of at least 4 members (excludes halogenated alkanes) is 1. The third-order valence-corrected chi connectivity index (χ3v) is 4.31. The summed E-state index contributed by atoms with van der Waals surface area (Å²) in [7, 11) is 3.53. The number of aliphatic imine (C=N–C) groups is 1. The molecule has 0 radical (unpaired) electrons. The minimum Gasteiger partial charge on any atom is -0.382 e. The van der Waals surface area contributed by atoms with Gasteiger partial charge in [-0.05, 0) is 51.7 Å². The summed E-state index contributed by atoms with van der Waals surface area (Å²) < 4.78 is 10.4. The smallest absolute Gasteiger partial charge is 0.190 e. The van der Waals surface area contributed by atoms with Gasteiger partial charge in [-0.3, -0.25) is 4.99 Å². The molecule has 1 saturated heterocycles. The molecule has 1 rings (SSSR count). The number of likely N-dealkylation sites (tertiary alicyclic amines) is 1. The van der Waals surface area contributed by atoms with Gasteiger partial charge in [0.25, 0.3) is 0 Å². The Hall–Kier alpha value is -0.850. The van der Waals surface area contributed by atoms with Crippen molar-refractivity contribution in [1.29, 1.82) is 0 Å². The first-order valence-electron chi connectivity index (χ1n) is 9.60. The van der Waals surface area contributed by atoms with Gasteiger partial charge in [-0.1, -0.05) is 12.8 Å². The number of hydrogen-bond donors (Lipinski definition) is 2. The normalized spacial score (nSPS) is 16.8. The van der Waals surface area contributed by atoms with E-state index in [9.17, 15) is 0 Å². The highest BCUT2D eigenvalue weighted by atomic mass is 16.5. The van der Waals surface area contributed by atoms with E-state index in [1.807, 2.05) is 7.05 Å². The summed E-state index contributed by atoms with van der Waals surface area (Å²) in [5, 5.41) is 6.77. The lowest BCUT2D eigenvalue weighted by Crippen LogP contribution is -2.39. The summed E-state index contributed by atoms with van der Waals surface area (Å²) in [5.41, 5.74) is 0. The zero-order valence-corrected chi connectivity index (χ0v) is 15.8. The molecule has 6 nitrogen and oxygen atoms in total. The third-order valence-electron chi connectivity index (χ3n) is 4.31. The molecular weight excluding hydrogens is 304 g/mol. The second kappa shape index (κ2) is 15.7. The highest BCUT2D eigenvalue weighted by Crippen LogP contribution is 2.09. The van der Waals surface area contributed by atoms with Crippen LogP contribution in [0.3, 0.4) is 0 Å². The fraction of sp³-hybridized carbons (Fsp3) is 0.944. The van der Waals surface area contributed by atoms with E-state index in [4.69, 9.17) is 9.47 Å². The minimum atomic E-state index is 0.673. The average Bonchev–Trinajstić information content (AvgIpc) is 2.88. The standard InChI is InChI=1S/C18H38N4O2/c1-19-18(20-10-5-8-15-24-17-16-23-2)21-11-9-14-22-12-6-3-4-7-13-22/h3-17H2,1-2H3,(H2,19,20,21). The van der Waals surface area contributed by atoms with Crippen molar-refractivity contribution in [2.45, 2.75) is 44.9 Å². The Labute approximate surface area is 148 Å². The molecule has 24 heavy (non-hydrogen) atoms. The molecule has 0 saturated carbocycles. The second-order valence-electron chi connectivity index (χ2n) is 6.35. The molecule has 142 valence electrons. The molecule has 0 atom stereocenters. The fourth-order valence-electron chi connectivity index (χ4n) is 2.87. The summed E-state index contributed by atoms with van der Waals surface area (Å²) >= 11 is 0. The van der Waals surface area contributed by atoms with Gasteiger partial charge in [0.2, 0.25) is 0 Å². The summed E-state index contributed by atoms with van der Waals surface area (Å²) in [5.74, 6) is 0.908. The van der Waals surface area contributed by atoms with Crippen LogP contribution in [0, 0.1) is 0 Å². The van der Waals surface area contributed by atoms with Crippen molar-refractivity contribution in [1.82, 2.24) is 15.5 Å². The van der Waals surface area contributed by atoms with E-state index in [0.29, 0.717) is 13.2 Å². The molecule has 0 aliphatic carbocycles. The first-order chi connectivity index (χ1) is 11.9. The van der Waals surface area contributed by atoms with Crippen LogP contribution in [0.4, 0.5) is 0 Å². The lowest BCUT2D eigenvalue weighted by molar-refractivity contribution is 0.0689. The maximum Gasteiger partial charge on any atom is 0.190 e. The van der Waals surface area contributed by atoms with Crippen LogP contribution in [0.1, 0.15) is 44.9 Å². The second-order valence-corrected chi connectivity index (χ2v) is 6.35. The molecule has 1 aliphatic rings. The minimum absolute atomic E-state index is 0.673. The molecule has 0 aromatic rings. The zero-order valence-electron chi connectivity index (χ0n) is 15.8. The van der Waals surface area contributed by atoms with E-state index in [2.05, 4.69) is 20.5 Å². The molecule has 0 bridgehead atoms. The van der Waals surface area contributed by atoms with Gasteiger partial charge in [0.1, 0.15) is 0 Å². The van der Waals surface area contributed by atoms with Gasteiger partial charge < -0.3 is 25.0 Å². The highest BCUT2D eigenvalue weighted by Gasteiger charge is 2.08. The molecule has 0 aromatic heterocycles. The quantitative estimate of drug-likeness (QED) is 0.322.